The van der Waals surface area contributed by atoms with Crippen molar-refractivity contribution in [2.24, 2.45) is 0 Å². The summed E-state index contributed by atoms with van der Waals surface area (Å²) in [6.07, 6.45) is 1.24. The number of hydrogen-bond donors (Lipinski definition) is 1. The molecule has 2 heteroatoms. The summed E-state index contributed by atoms with van der Waals surface area (Å²) in [4.78, 5) is 2.41. The summed E-state index contributed by atoms with van der Waals surface area (Å²) >= 11 is 0. The molecule has 1 N–H and O–H groups in total. The van der Waals surface area contributed by atoms with E-state index in [9.17, 15) is 0 Å². The van der Waals surface area contributed by atoms with Crippen LogP contribution in [0, 0.1) is 0 Å². The van der Waals surface area contributed by atoms with Crippen molar-refractivity contribution in [1.82, 2.24) is 10.2 Å². The molecule has 1 heterocycles. The van der Waals surface area contributed by atoms with Gasteiger partial charge in [-0.15, -0.1) is 0 Å². The maximum Gasteiger partial charge on any atom is 0.0534 e. The smallest absolute Gasteiger partial charge is 0.0534 e. The van der Waals surface area contributed by atoms with Crippen molar-refractivity contribution < 1.29 is 0 Å². The zero-order valence-electron chi connectivity index (χ0n) is 9.66. The highest BCUT2D eigenvalue weighted by atomic mass is 15.2. The molecule has 1 saturated heterocycles. The topological polar surface area (TPSA) is 15.3 Å². The molecule has 0 aromatic heterocycles. The van der Waals surface area contributed by atoms with Crippen LogP contribution < -0.4 is 5.32 Å². The van der Waals surface area contributed by atoms with Gasteiger partial charge in [0.25, 0.3) is 0 Å². The molecule has 1 unspecified atom stereocenters. The van der Waals surface area contributed by atoms with Crippen LogP contribution in [-0.2, 0) is 5.54 Å². The van der Waals surface area contributed by atoms with Gasteiger partial charge in [0.15, 0.2) is 0 Å². The minimum Gasteiger partial charge on any atom is -0.307 e. The van der Waals surface area contributed by atoms with Crippen LogP contribution in [0.15, 0.2) is 30.3 Å². The van der Waals surface area contributed by atoms with Crippen LogP contribution in [0.4, 0.5) is 0 Å². The second-order valence-electron chi connectivity index (χ2n) is 4.72. The molecule has 1 aromatic rings. The lowest BCUT2D eigenvalue weighted by Crippen LogP contribution is -2.45. The van der Waals surface area contributed by atoms with Gasteiger partial charge in [0, 0.05) is 6.54 Å². The van der Waals surface area contributed by atoms with E-state index in [1.807, 2.05) is 0 Å². The maximum absolute atomic E-state index is 3.66. The van der Waals surface area contributed by atoms with Gasteiger partial charge in [-0.1, -0.05) is 30.3 Å². The Balaban J connectivity index is 2.24. The predicted molar refractivity (Wildman–Crippen MR) is 63.9 cm³/mol. The molecule has 0 spiro atoms. The molecule has 15 heavy (non-hydrogen) atoms. The molecular weight excluding hydrogens is 184 g/mol. The fourth-order valence-electron chi connectivity index (χ4n) is 2.39. The van der Waals surface area contributed by atoms with Crippen molar-refractivity contribution in [2.75, 3.05) is 26.7 Å². The summed E-state index contributed by atoms with van der Waals surface area (Å²) in [6, 6.07) is 10.7. The minimum atomic E-state index is 0.104. The lowest BCUT2D eigenvalue weighted by molar-refractivity contribution is 0.259. The van der Waals surface area contributed by atoms with E-state index in [-0.39, 0.29) is 5.54 Å². The Hall–Kier alpha value is -0.860. The first-order valence-electron chi connectivity index (χ1n) is 5.70. The fraction of sp³-hybridized carbons (Fsp3) is 0.538. The van der Waals surface area contributed by atoms with Crippen molar-refractivity contribution in [1.29, 1.82) is 0 Å². The van der Waals surface area contributed by atoms with E-state index in [1.54, 1.807) is 0 Å². The molecule has 1 aromatic carbocycles. The van der Waals surface area contributed by atoms with Crippen LogP contribution in [0.3, 0.4) is 0 Å². The molecule has 0 radical (unpaired) electrons. The van der Waals surface area contributed by atoms with Crippen molar-refractivity contribution in [3.63, 3.8) is 0 Å². The van der Waals surface area contributed by atoms with Crippen molar-refractivity contribution in [3.8, 4) is 0 Å². The number of nitrogens with one attached hydrogen (secondary N) is 1. The lowest BCUT2D eigenvalue weighted by Gasteiger charge is -2.32. The zero-order valence-corrected chi connectivity index (χ0v) is 9.66. The molecule has 0 amide bonds. The Kier molecular flexibility index (Phi) is 3.08. The second-order valence-corrected chi connectivity index (χ2v) is 4.72. The normalized spacial score (nSPS) is 28.7. The second kappa shape index (κ2) is 4.33. The van der Waals surface area contributed by atoms with E-state index in [2.05, 4.69) is 54.5 Å². The van der Waals surface area contributed by atoms with Gasteiger partial charge in [-0.05, 0) is 39.0 Å². The summed E-state index contributed by atoms with van der Waals surface area (Å²) in [5.74, 6) is 0. The largest absolute Gasteiger partial charge is 0.307 e. The van der Waals surface area contributed by atoms with Crippen LogP contribution in [0.25, 0.3) is 0 Å². The molecule has 0 aliphatic carbocycles. The zero-order chi connectivity index (χ0) is 10.7. The van der Waals surface area contributed by atoms with E-state index in [4.69, 9.17) is 0 Å². The first-order valence-corrected chi connectivity index (χ1v) is 5.70. The first-order chi connectivity index (χ1) is 7.21. The highest BCUT2D eigenvalue weighted by Crippen LogP contribution is 2.23. The number of likely N-dealkylation sites (N-methyl/N-ethyl adjacent to an activating group) is 1. The Labute approximate surface area is 92.3 Å². The Morgan fingerprint density at radius 2 is 2.00 bits per heavy atom. The van der Waals surface area contributed by atoms with Gasteiger partial charge in [0.2, 0.25) is 0 Å². The van der Waals surface area contributed by atoms with Gasteiger partial charge in [-0.2, -0.15) is 0 Å². The summed E-state index contributed by atoms with van der Waals surface area (Å²) in [7, 11) is 2.20. The van der Waals surface area contributed by atoms with Crippen LogP contribution in [0.2, 0.25) is 0 Å². The average Bonchev–Trinajstić information content (AvgIpc) is 2.42. The molecule has 1 fully saturated rings. The van der Waals surface area contributed by atoms with E-state index < -0.39 is 0 Å². The average molecular weight is 204 g/mol. The molecule has 2 rings (SSSR count). The third-order valence-electron chi connectivity index (χ3n) is 3.23. The first kappa shape index (κ1) is 10.7. The van der Waals surface area contributed by atoms with Gasteiger partial charge >= 0.3 is 0 Å². The third kappa shape index (κ3) is 2.39. The number of hydrogen-bond acceptors (Lipinski definition) is 2. The van der Waals surface area contributed by atoms with Crippen molar-refractivity contribution >= 4 is 0 Å². The molecule has 1 aliphatic rings. The van der Waals surface area contributed by atoms with Crippen LogP contribution in [0.5, 0.6) is 0 Å². The number of rotatable bonds is 1. The Morgan fingerprint density at radius 3 is 2.73 bits per heavy atom. The number of nitrogens with zero attached hydrogens (tertiary/aromatic N) is 1. The van der Waals surface area contributed by atoms with Gasteiger partial charge in [-0.25, -0.2) is 0 Å². The quantitative estimate of drug-likeness (QED) is 0.751. The van der Waals surface area contributed by atoms with E-state index in [0.717, 1.165) is 13.1 Å². The van der Waals surface area contributed by atoms with Gasteiger partial charge in [0.05, 0.1) is 5.54 Å². The molecular formula is C13H20N2. The van der Waals surface area contributed by atoms with Gasteiger partial charge in [0.1, 0.15) is 0 Å². The van der Waals surface area contributed by atoms with E-state index >= 15 is 0 Å². The molecule has 82 valence electrons. The predicted octanol–water partition coefficient (Wildman–Crippen LogP) is 1.83. The van der Waals surface area contributed by atoms with E-state index in [0.29, 0.717) is 0 Å². The standard InChI is InChI=1S/C13H20N2/c1-13(12-7-4-3-5-8-12)11-15(2)10-6-9-14-13/h3-5,7-8,14H,6,9-11H2,1-2H3. The maximum atomic E-state index is 3.66. The monoisotopic (exact) mass is 204 g/mol. The van der Waals surface area contributed by atoms with Crippen LogP contribution in [0.1, 0.15) is 18.9 Å². The summed E-state index contributed by atoms with van der Waals surface area (Å²) in [5.41, 5.74) is 1.49. The van der Waals surface area contributed by atoms with E-state index in [1.165, 1.54) is 18.5 Å². The Bertz CT molecular complexity index is 310. The lowest BCUT2D eigenvalue weighted by atomic mass is 9.92. The van der Waals surface area contributed by atoms with Gasteiger partial charge < -0.3 is 10.2 Å². The number of benzene rings is 1. The summed E-state index contributed by atoms with van der Waals surface area (Å²) < 4.78 is 0. The van der Waals surface area contributed by atoms with Gasteiger partial charge in [-0.3, -0.25) is 0 Å². The minimum absolute atomic E-state index is 0.104. The summed E-state index contributed by atoms with van der Waals surface area (Å²) in [6.45, 7) is 5.67. The van der Waals surface area contributed by atoms with Crippen LogP contribution >= 0.6 is 0 Å². The molecule has 0 bridgehead atoms. The summed E-state index contributed by atoms with van der Waals surface area (Å²) in [5, 5.41) is 3.66. The van der Waals surface area contributed by atoms with Crippen molar-refractivity contribution in [2.45, 2.75) is 18.9 Å². The van der Waals surface area contributed by atoms with Crippen LogP contribution in [-0.4, -0.2) is 31.6 Å². The third-order valence-corrected chi connectivity index (χ3v) is 3.23. The fourth-order valence-corrected chi connectivity index (χ4v) is 2.39. The highest BCUT2D eigenvalue weighted by Gasteiger charge is 2.28. The molecule has 1 atom stereocenters. The molecule has 0 saturated carbocycles. The SMILES string of the molecule is CN1CCCNC(C)(c2ccccc2)C1. The molecule has 2 nitrogen and oxygen atoms in total. The Morgan fingerprint density at radius 1 is 1.27 bits per heavy atom. The highest BCUT2D eigenvalue weighted by molar-refractivity contribution is 5.24. The molecule has 1 aliphatic heterocycles. The van der Waals surface area contributed by atoms with Crippen molar-refractivity contribution in [3.05, 3.63) is 35.9 Å².